The lowest BCUT2D eigenvalue weighted by atomic mass is 10.0. The topological polar surface area (TPSA) is 85.2 Å². The van der Waals surface area contributed by atoms with Gasteiger partial charge in [-0.25, -0.2) is 4.98 Å². The molecule has 0 saturated heterocycles. The van der Waals surface area contributed by atoms with Gasteiger partial charge in [0.1, 0.15) is 12.5 Å². The number of ether oxygens (including phenoxy) is 2. The molecule has 134 valence electrons. The number of nitrogens with one attached hydrogen (secondary N) is 2. The Hall–Kier alpha value is -3.74. The summed E-state index contributed by atoms with van der Waals surface area (Å²) in [6.07, 6.45) is 14.6. The lowest BCUT2D eigenvalue weighted by molar-refractivity contribution is 0.274. The van der Waals surface area contributed by atoms with Crippen molar-refractivity contribution in [2.75, 3.05) is 5.32 Å². The van der Waals surface area contributed by atoms with Crippen molar-refractivity contribution in [2.24, 2.45) is 0 Å². The summed E-state index contributed by atoms with van der Waals surface area (Å²) in [5.74, 6) is 1.67. The molecule has 2 N–H and O–H groups in total. The summed E-state index contributed by atoms with van der Waals surface area (Å²) < 4.78 is 17.1. The van der Waals surface area contributed by atoms with Crippen molar-refractivity contribution in [3.8, 4) is 0 Å². The second-order valence-electron chi connectivity index (χ2n) is 6.19. The van der Waals surface area contributed by atoms with Crippen LogP contribution in [0, 0.1) is 0 Å². The van der Waals surface area contributed by atoms with Crippen LogP contribution in [0.1, 0.15) is 18.6 Å². The summed E-state index contributed by atoms with van der Waals surface area (Å²) in [7, 11) is 0. The molecule has 0 radical (unpaired) electrons. The van der Waals surface area contributed by atoms with Crippen LogP contribution in [0.25, 0.3) is 16.7 Å². The Morgan fingerprint density at radius 2 is 2.00 bits per heavy atom. The van der Waals surface area contributed by atoms with E-state index in [-0.39, 0.29) is 0 Å². The van der Waals surface area contributed by atoms with Gasteiger partial charge in [-0.15, -0.1) is 0 Å². The minimum Gasteiger partial charge on any atom is -0.457 e. The Morgan fingerprint density at radius 3 is 2.85 bits per heavy atom. The summed E-state index contributed by atoms with van der Waals surface area (Å²) in [5, 5.41) is 11.1. The van der Waals surface area contributed by atoms with Gasteiger partial charge in [-0.2, -0.15) is 5.10 Å². The Kier molecular flexibility index (Phi) is 3.75. The Bertz CT molecular complexity index is 1120. The Labute approximate surface area is 154 Å². The number of anilines is 2. The van der Waals surface area contributed by atoms with Gasteiger partial charge in [-0.3, -0.25) is 5.10 Å². The molecule has 2 aromatic heterocycles. The highest BCUT2D eigenvalue weighted by molar-refractivity contribution is 5.82. The first-order chi connectivity index (χ1) is 13.3. The van der Waals surface area contributed by atoms with Gasteiger partial charge in [0.05, 0.1) is 17.9 Å². The van der Waals surface area contributed by atoms with Gasteiger partial charge in [0.2, 0.25) is 5.76 Å². The van der Waals surface area contributed by atoms with Crippen molar-refractivity contribution in [3.63, 3.8) is 0 Å². The largest absolute Gasteiger partial charge is 0.457 e. The van der Waals surface area contributed by atoms with Crippen molar-refractivity contribution in [1.82, 2.24) is 15.2 Å². The lowest BCUT2D eigenvalue weighted by Gasteiger charge is -2.16. The van der Waals surface area contributed by atoms with Crippen molar-refractivity contribution >= 4 is 28.4 Å². The van der Waals surface area contributed by atoms with Crippen LogP contribution < -0.4 is 5.32 Å². The summed E-state index contributed by atoms with van der Waals surface area (Å²) in [5.41, 5.74) is 2.94. The molecule has 1 aromatic carbocycles. The first-order valence-corrected chi connectivity index (χ1v) is 8.61. The van der Waals surface area contributed by atoms with Crippen molar-refractivity contribution in [2.45, 2.75) is 12.8 Å². The van der Waals surface area contributed by atoms with Gasteiger partial charge in [0.25, 0.3) is 6.01 Å². The molecule has 0 atom stereocenters. The zero-order valence-corrected chi connectivity index (χ0v) is 14.3. The summed E-state index contributed by atoms with van der Waals surface area (Å²) in [4.78, 5) is 4.24. The van der Waals surface area contributed by atoms with Crippen LogP contribution in [0.3, 0.4) is 0 Å². The minimum absolute atomic E-state index is 0.368. The maximum absolute atomic E-state index is 5.73. The summed E-state index contributed by atoms with van der Waals surface area (Å²) in [6, 6.07) is 6.19. The number of fused-ring (bicyclic) bond motifs is 1. The average Bonchev–Trinajstić information content (AvgIpc) is 3.38. The van der Waals surface area contributed by atoms with Gasteiger partial charge < -0.3 is 19.2 Å². The zero-order chi connectivity index (χ0) is 18.1. The third kappa shape index (κ3) is 3.10. The van der Waals surface area contributed by atoms with Crippen LogP contribution in [-0.2, 0) is 9.47 Å². The molecule has 0 spiro atoms. The number of hydrogen-bond donors (Lipinski definition) is 2. The van der Waals surface area contributed by atoms with Gasteiger partial charge in [0.15, 0.2) is 11.5 Å². The van der Waals surface area contributed by atoms with Gasteiger partial charge in [-0.1, -0.05) is 18.2 Å². The van der Waals surface area contributed by atoms with E-state index in [1.165, 1.54) is 6.26 Å². The second-order valence-corrected chi connectivity index (χ2v) is 6.19. The van der Waals surface area contributed by atoms with Crippen molar-refractivity contribution in [3.05, 3.63) is 78.4 Å². The molecular formula is C20H16N4O3. The van der Waals surface area contributed by atoms with Gasteiger partial charge in [-0.05, 0) is 36.6 Å². The standard InChI is InChI=1S/C20H16N4O3/c1-2-4-13(5-3-1)18-11-26-19(12-25-18)17-10-21-20(27-17)23-15-6-7-16-14(8-15)9-22-24-16/h1-2,4,6-12H,3,5H2,(H,21,23)(H,22,24). The average molecular weight is 360 g/mol. The van der Waals surface area contributed by atoms with Crippen LogP contribution in [-0.4, -0.2) is 15.2 Å². The first kappa shape index (κ1) is 15.5. The van der Waals surface area contributed by atoms with E-state index >= 15 is 0 Å². The summed E-state index contributed by atoms with van der Waals surface area (Å²) >= 11 is 0. The Balaban J connectivity index is 1.29. The maximum Gasteiger partial charge on any atom is 0.299 e. The molecule has 0 saturated carbocycles. The third-order valence-corrected chi connectivity index (χ3v) is 4.36. The van der Waals surface area contributed by atoms with Crippen molar-refractivity contribution < 1.29 is 13.9 Å². The molecule has 0 bridgehead atoms. The normalized spacial score (nSPS) is 16.2. The maximum atomic E-state index is 5.73. The fraction of sp³-hybridized carbons (Fsp3) is 0.100. The van der Waals surface area contributed by atoms with E-state index in [2.05, 4.69) is 26.6 Å². The van der Waals surface area contributed by atoms with Crippen LogP contribution in [0.15, 0.2) is 77.1 Å². The van der Waals surface area contributed by atoms with Crippen LogP contribution >= 0.6 is 0 Å². The van der Waals surface area contributed by atoms with Crippen LogP contribution in [0.2, 0.25) is 0 Å². The number of aromatic amines is 1. The van der Waals surface area contributed by atoms with E-state index in [9.17, 15) is 0 Å². The molecule has 7 heteroatoms. The van der Waals surface area contributed by atoms with E-state index in [4.69, 9.17) is 13.9 Å². The molecule has 5 rings (SSSR count). The molecule has 0 unspecified atom stereocenters. The van der Waals surface area contributed by atoms with Crippen LogP contribution in [0.5, 0.6) is 0 Å². The number of aromatic nitrogens is 3. The summed E-state index contributed by atoms with van der Waals surface area (Å²) in [6.45, 7) is 0. The van der Waals surface area contributed by atoms with Crippen molar-refractivity contribution in [1.29, 1.82) is 0 Å². The van der Waals surface area contributed by atoms with Gasteiger partial charge >= 0.3 is 0 Å². The van der Waals surface area contributed by atoms with E-state index in [1.807, 2.05) is 30.4 Å². The molecule has 1 aliphatic heterocycles. The molecule has 1 aliphatic carbocycles. The van der Waals surface area contributed by atoms with E-state index < -0.39 is 0 Å². The molecule has 27 heavy (non-hydrogen) atoms. The lowest BCUT2D eigenvalue weighted by Crippen LogP contribution is -2.01. The van der Waals surface area contributed by atoms with Gasteiger partial charge in [0, 0.05) is 11.1 Å². The van der Waals surface area contributed by atoms with Crippen LogP contribution in [0.4, 0.5) is 11.7 Å². The predicted octanol–water partition coefficient (Wildman–Crippen LogP) is 4.76. The smallest absolute Gasteiger partial charge is 0.299 e. The van der Waals surface area contributed by atoms with E-state index in [0.29, 0.717) is 17.5 Å². The molecule has 3 aromatic rings. The molecule has 3 heterocycles. The van der Waals surface area contributed by atoms with E-state index in [0.717, 1.165) is 40.8 Å². The Morgan fingerprint density at radius 1 is 1.07 bits per heavy atom. The monoisotopic (exact) mass is 360 g/mol. The molecule has 0 amide bonds. The first-order valence-electron chi connectivity index (χ1n) is 8.61. The number of nitrogens with zero attached hydrogens (tertiary/aromatic N) is 2. The zero-order valence-electron chi connectivity index (χ0n) is 14.3. The number of allylic oxidation sites excluding steroid dienone is 4. The second kappa shape index (κ2) is 6.53. The quantitative estimate of drug-likeness (QED) is 0.698. The highest BCUT2D eigenvalue weighted by Gasteiger charge is 2.18. The SMILES string of the molecule is C1=CCCC(C2=COC(c3cnc(Nc4ccc5[nH]ncc5c4)o3)=CO2)=C1. The fourth-order valence-corrected chi connectivity index (χ4v) is 2.95. The number of oxazole rings is 1. The molecule has 0 fully saturated rings. The number of hydrogen-bond acceptors (Lipinski definition) is 6. The molecule has 7 nitrogen and oxygen atoms in total. The fourth-order valence-electron chi connectivity index (χ4n) is 2.95. The predicted molar refractivity (Wildman–Crippen MR) is 101 cm³/mol. The molecular weight excluding hydrogens is 344 g/mol. The highest BCUT2D eigenvalue weighted by atomic mass is 16.5. The number of H-pyrrole nitrogens is 1. The number of benzene rings is 1. The number of rotatable bonds is 4. The third-order valence-electron chi connectivity index (χ3n) is 4.36. The van der Waals surface area contributed by atoms with E-state index in [1.54, 1.807) is 18.7 Å². The minimum atomic E-state index is 0.368. The molecule has 2 aliphatic rings. The highest BCUT2D eigenvalue weighted by Crippen LogP contribution is 2.30.